The predicted octanol–water partition coefficient (Wildman–Crippen LogP) is 4.22. The Morgan fingerprint density at radius 2 is 1.62 bits per heavy atom. The molecule has 0 aliphatic heterocycles. The van der Waals surface area contributed by atoms with Crippen LogP contribution in [0.25, 0.3) is 0 Å². The Morgan fingerprint density at radius 3 is 2.24 bits per heavy atom. The molecule has 0 heterocycles. The van der Waals surface area contributed by atoms with Gasteiger partial charge in [-0.1, -0.05) is 28.9 Å². The standard InChI is InChI=1S/C18H30N2O/c1-15(2)8-6-9-16(3)10-7-11-17(4)12-13-20-14-18(21)19-5/h8,10,12-13H,6-7,9,11,14H2,1-5H3,(H,19,21)/b16-10+,17-12+,20-13?. The second-order valence-corrected chi connectivity index (χ2v) is 5.59. The number of hydrogen-bond donors (Lipinski definition) is 1. The van der Waals surface area contributed by atoms with E-state index in [0.717, 1.165) is 25.7 Å². The van der Waals surface area contributed by atoms with Crippen molar-refractivity contribution in [1.29, 1.82) is 0 Å². The molecule has 0 aliphatic rings. The monoisotopic (exact) mass is 290 g/mol. The number of rotatable bonds is 9. The number of hydrogen-bond acceptors (Lipinski definition) is 2. The van der Waals surface area contributed by atoms with E-state index in [-0.39, 0.29) is 12.5 Å². The van der Waals surface area contributed by atoms with Gasteiger partial charge in [0, 0.05) is 13.3 Å². The van der Waals surface area contributed by atoms with Crippen LogP contribution in [0.4, 0.5) is 0 Å². The van der Waals surface area contributed by atoms with Crippen LogP contribution >= 0.6 is 0 Å². The summed E-state index contributed by atoms with van der Waals surface area (Å²) < 4.78 is 0. The zero-order chi connectivity index (χ0) is 16.1. The molecule has 1 amide bonds. The van der Waals surface area contributed by atoms with E-state index in [4.69, 9.17) is 0 Å². The first-order valence-electron chi connectivity index (χ1n) is 7.61. The van der Waals surface area contributed by atoms with Gasteiger partial charge in [-0.25, -0.2) is 0 Å². The molecular weight excluding hydrogens is 260 g/mol. The van der Waals surface area contributed by atoms with Crippen LogP contribution in [0.1, 0.15) is 53.4 Å². The van der Waals surface area contributed by atoms with Gasteiger partial charge in [0.1, 0.15) is 6.54 Å². The van der Waals surface area contributed by atoms with Gasteiger partial charge < -0.3 is 5.32 Å². The fourth-order valence-electron chi connectivity index (χ4n) is 1.71. The maximum Gasteiger partial charge on any atom is 0.241 e. The van der Waals surface area contributed by atoms with Crippen molar-refractivity contribution in [2.24, 2.45) is 4.99 Å². The van der Waals surface area contributed by atoms with Crippen molar-refractivity contribution >= 4 is 12.1 Å². The number of nitrogens with one attached hydrogen (secondary N) is 1. The minimum atomic E-state index is -0.0628. The van der Waals surface area contributed by atoms with E-state index in [1.54, 1.807) is 13.3 Å². The molecule has 0 bridgehead atoms. The molecule has 0 aromatic heterocycles. The van der Waals surface area contributed by atoms with Gasteiger partial charge >= 0.3 is 0 Å². The Hall–Kier alpha value is -1.64. The van der Waals surface area contributed by atoms with Gasteiger partial charge in [0.2, 0.25) is 5.91 Å². The molecule has 21 heavy (non-hydrogen) atoms. The van der Waals surface area contributed by atoms with Crippen LogP contribution in [-0.4, -0.2) is 25.7 Å². The third-order valence-electron chi connectivity index (χ3n) is 3.10. The number of carbonyl (C=O) groups is 1. The first-order valence-corrected chi connectivity index (χ1v) is 7.61. The maximum atomic E-state index is 11.0. The summed E-state index contributed by atoms with van der Waals surface area (Å²) in [7, 11) is 1.62. The van der Waals surface area contributed by atoms with Gasteiger partial charge in [0.25, 0.3) is 0 Å². The van der Waals surface area contributed by atoms with Crippen LogP contribution in [-0.2, 0) is 4.79 Å². The number of carbonyl (C=O) groups excluding carboxylic acids is 1. The first-order chi connectivity index (χ1) is 9.95. The molecule has 0 radical (unpaired) electrons. The highest BCUT2D eigenvalue weighted by molar-refractivity contribution is 5.81. The average Bonchev–Trinajstić information content (AvgIpc) is 2.42. The van der Waals surface area contributed by atoms with Crippen LogP contribution in [0.15, 0.2) is 39.9 Å². The number of nitrogens with zero attached hydrogens (tertiary/aromatic N) is 1. The van der Waals surface area contributed by atoms with Gasteiger partial charge in [-0.05, 0) is 59.5 Å². The van der Waals surface area contributed by atoms with Crippen molar-refractivity contribution in [3.05, 3.63) is 34.9 Å². The van der Waals surface area contributed by atoms with E-state index in [0.29, 0.717) is 0 Å². The minimum absolute atomic E-state index is 0.0628. The lowest BCUT2D eigenvalue weighted by molar-refractivity contribution is -0.119. The van der Waals surface area contributed by atoms with Gasteiger partial charge in [-0.15, -0.1) is 0 Å². The molecule has 0 aliphatic carbocycles. The molecule has 0 spiro atoms. The minimum Gasteiger partial charge on any atom is -0.358 e. The third-order valence-corrected chi connectivity index (χ3v) is 3.10. The highest BCUT2D eigenvalue weighted by atomic mass is 16.1. The lowest BCUT2D eigenvalue weighted by Gasteiger charge is -2.00. The molecule has 3 nitrogen and oxygen atoms in total. The Balaban J connectivity index is 3.98. The summed E-state index contributed by atoms with van der Waals surface area (Å²) in [5.41, 5.74) is 4.12. The van der Waals surface area contributed by atoms with E-state index in [1.165, 1.54) is 16.7 Å². The Labute approximate surface area is 129 Å². The van der Waals surface area contributed by atoms with E-state index in [9.17, 15) is 4.79 Å². The summed E-state index contributed by atoms with van der Waals surface area (Å²) in [4.78, 5) is 15.0. The summed E-state index contributed by atoms with van der Waals surface area (Å²) in [6.45, 7) is 8.77. The van der Waals surface area contributed by atoms with Gasteiger partial charge in [0.15, 0.2) is 0 Å². The van der Waals surface area contributed by atoms with Gasteiger partial charge in [-0.3, -0.25) is 9.79 Å². The lowest BCUT2D eigenvalue weighted by Crippen LogP contribution is -2.20. The maximum absolute atomic E-state index is 11.0. The van der Waals surface area contributed by atoms with Crippen LogP contribution < -0.4 is 5.32 Å². The van der Waals surface area contributed by atoms with E-state index >= 15 is 0 Å². The van der Waals surface area contributed by atoms with Crippen LogP contribution in [0.5, 0.6) is 0 Å². The predicted molar refractivity (Wildman–Crippen MR) is 92.8 cm³/mol. The van der Waals surface area contributed by atoms with Crippen molar-refractivity contribution in [3.63, 3.8) is 0 Å². The highest BCUT2D eigenvalue weighted by Gasteiger charge is 1.92. The van der Waals surface area contributed by atoms with Crippen molar-refractivity contribution in [2.75, 3.05) is 13.6 Å². The van der Waals surface area contributed by atoms with Crippen LogP contribution in [0.3, 0.4) is 0 Å². The Kier molecular flexibility index (Phi) is 11.2. The van der Waals surface area contributed by atoms with E-state index < -0.39 is 0 Å². The quantitative estimate of drug-likeness (QED) is 0.501. The zero-order valence-corrected chi connectivity index (χ0v) is 14.2. The summed E-state index contributed by atoms with van der Waals surface area (Å²) in [5, 5.41) is 2.54. The third kappa shape index (κ3) is 13.1. The molecule has 0 aromatic rings. The normalized spacial score (nSPS) is 12.6. The van der Waals surface area contributed by atoms with E-state index in [2.05, 4.69) is 50.2 Å². The molecule has 0 aromatic carbocycles. The van der Waals surface area contributed by atoms with Crippen molar-refractivity contribution in [3.8, 4) is 0 Å². The fraction of sp³-hybridized carbons (Fsp3) is 0.556. The largest absolute Gasteiger partial charge is 0.358 e. The summed E-state index contributed by atoms with van der Waals surface area (Å²) in [6.07, 6.45) is 12.7. The zero-order valence-electron chi connectivity index (χ0n) is 14.2. The molecule has 0 fully saturated rings. The average molecular weight is 290 g/mol. The second kappa shape index (κ2) is 12.1. The molecule has 0 unspecified atom stereocenters. The van der Waals surface area contributed by atoms with Crippen molar-refractivity contribution in [1.82, 2.24) is 5.32 Å². The molecule has 3 heteroatoms. The summed E-state index contributed by atoms with van der Waals surface area (Å²) >= 11 is 0. The summed E-state index contributed by atoms with van der Waals surface area (Å²) in [5.74, 6) is -0.0628. The van der Waals surface area contributed by atoms with Gasteiger partial charge in [0.05, 0.1) is 0 Å². The summed E-state index contributed by atoms with van der Waals surface area (Å²) in [6, 6.07) is 0. The molecular formula is C18H30N2O. The number of allylic oxidation sites excluding steroid dienone is 6. The Morgan fingerprint density at radius 1 is 1.00 bits per heavy atom. The molecule has 1 N–H and O–H groups in total. The van der Waals surface area contributed by atoms with E-state index in [1.807, 2.05) is 6.08 Å². The topological polar surface area (TPSA) is 41.5 Å². The van der Waals surface area contributed by atoms with Gasteiger partial charge in [-0.2, -0.15) is 0 Å². The van der Waals surface area contributed by atoms with Crippen LogP contribution in [0.2, 0.25) is 0 Å². The fourth-order valence-corrected chi connectivity index (χ4v) is 1.71. The SMILES string of the molecule is CNC(=O)CN=C/C=C(\C)CC/C=C(\C)CCC=C(C)C. The first kappa shape index (κ1) is 19.4. The highest BCUT2D eigenvalue weighted by Crippen LogP contribution is 2.10. The number of aliphatic imine (C=N–C) groups is 1. The number of amides is 1. The molecule has 0 saturated carbocycles. The van der Waals surface area contributed by atoms with Crippen molar-refractivity contribution in [2.45, 2.75) is 53.4 Å². The lowest BCUT2D eigenvalue weighted by atomic mass is 10.1. The smallest absolute Gasteiger partial charge is 0.241 e. The van der Waals surface area contributed by atoms with Crippen molar-refractivity contribution < 1.29 is 4.79 Å². The van der Waals surface area contributed by atoms with Crippen LogP contribution in [0, 0.1) is 0 Å². The second-order valence-electron chi connectivity index (χ2n) is 5.59. The molecule has 0 rings (SSSR count). The number of likely N-dealkylation sites (N-methyl/N-ethyl adjacent to an activating group) is 1. The molecule has 0 atom stereocenters. The molecule has 0 saturated heterocycles. The Bertz CT molecular complexity index is 424. The molecule has 118 valence electrons.